The Morgan fingerprint density at radius 3 is 2.04 bits per heavy atom. The molecule has 7 heteroatoms. The minimum absolute atomic E-state index is 0.199. The minimum Gasteiger partial charge on any atom is -0.478 e. The number of amides is 1. The largest absolute Gasteiger partial charge is 0.478 e. The fraction of sp³-hybridized carbons (Fsp3) is 0.550. The molecule has 1 aliphatic rings. The third-order valence-electron chi connectivity index (χ3n) is 4.20. The number of carbonyl (C=O) groups excluding carboxylic acids is 1. The van der Waals surface area contributed by atoms with Crippen LogP contribution in [-0.2, 0) is 9.53 Å². The maximum Gasteiger partial charge on any atom is 0.410 e. The number of hydrogen-bond acceptors (Lipinski definition) is 5. The molecule has 1 amide bonds. The third kappa shape index (κ3) is 6.27. The molecule has 0 saturated carbocycles. The summed E-state index contributed by atoms with van der Waals surface area (Å²) in [6.45, 7) is 16.7. The van der Waals surface area contributed by atoms with E-state index in [1.54, 1.807) is 24.8 Å². The van der Waals surface area contributed by atoms with Gasteiger partial charge in [0.1, 0.15) is 5.60 Å². The smallest absolute Gasteiger partial charge is 0.410 e. The molecule has 27 heavy (non-hydrogen) atoms. The van der Waals surface area contributed by atoms with E-state index in [2.05, 4.69) is 16.5 Å². The second kappa shape index (κ2) is 9.39. The molecule has 0 aromatic heterocycles. The van der Waals surface area contributed by atoms with Gasteiger partial charge in [-0.2, -0.15) is 0 Å². The minimum atomic E-state index is -1.00. The molecule has 0 atom stereocenters. The first-order valence-corrected chi connectivity index (χ1v) is 9.01. The van der Waals surface area contributed by atoms with Gasteiger partial charge >= 0.3 is 12.1 Å². The highest BCUT2D eigenvalue weighted by atomic mass is 16.6. The van der Waals surface area contributed by atoms with Crippen LogP contribution in [0.3, 0.4) is 0 Å². The van der Waals surface area contributed by atoms with Crippen LogP contribution in [0.15, 0.2) is 40.7 Å². The Kier molecular flexibility index (Phi) is 7.82. The Morgan fingerprint density at radius 1 is 1.11 bits per heavy atom. The van der Waals surface area contributed by atoms with Crippen LogP contribution in [0.4, 0.5) is 4.79 Å². The molecule has 0 aliphatic carbocycles. The molecule has 0 aromatic rings. The fourth-order valence-electron chi connectivity index (χ4n) is 2.94. The van der Waals surface area contributed by atoms with Crippen molar-refractivity contribution in [3.8, 4) is 0 Å². The summed E-state index contributed by atoms with van der Waals surface area (Å²) < 4.78 is 5.42. The highest BCUT2D eigenvalue weighted by Crippen LogP contribution is 2.22. The fourth-order valence-corrected chi connectivity index (χ4v) is 2.94. The highest BCUT2D eigenvalue weighted by Gasteiger charge is 2.28. The predicted octanol–water partition coefficient (Wildman–Crippen LogP) is 3.45. The average molecular weight is 377 g/mol. The van der Waals surface area contributed by atoms with Crippen LogP contribution in [-0.4, -0.2) is 64.5 Å². The summed E-state index contributed by atoms with van der Waals surface area (Å²) in [5, 5.41) is 9.56. The predicted molar refractivity (Wildman–Crippen MR) is 107 cm³/mol. The van der Waals surface area contributed by atoms with E-state index in [0.717, 1.165) is 5.70 Å². The van der Waals surface area contributed by atoms with Gasteiger partial charge in [0.15, 0.2) is 0 Å². The van der Waals surface area contributed by atoms with Gasteiger partial charge < -0.3 is 19.6 Å². The molecule has 1 heterocycles. The van der Waals surface area contributed by atoms with Gasteiger partial charge in [-0.1, -0.05) is 12.7 Å². The molecule has 1 N–H and O–H groups in total. The lowest BCUT2D eigenvalue weighted by Gasteiger charge is -2.38. The van der Waals surface area contributed by atoms with Crippen molar-refractivity contribution in [2.45, 2.75) is 47.1 Å². The van der Waals surface area contributed by atoms with Gasteiger partial charge in [-0.05, 0) is 41.5 Å². The molecule has 0 radical (unpaired) electrons. The summed E-state index contributed by atoms with van der Waals surface area (Å²) >= 11 is 0. The highest BCUT2D eigenvalue weighted by molar-refractivity contribution is 6.11. The standard InChI is InChI=1S/C20H31N3O4/c1-8-16(18(24)25)17(14(3)21-9-2)15(4)22-10-12-23(13-11-22)19(26)27-20(5,6)7/h8-9H,2,10-13H2,1,3-7H3,(H,24,25)/b16-8+,17-15-,21-14?. The van der Waals surface area contributed by atoms with Gasteiger partial charge in [-0.15, -0.1) is 0 Å². The third-order valence-corrected chi connectivity index (χ3v) is 4.20. The van der Waals surface area contributed by atoms with Gasteiger partial charge in [-0.25, -0.2) is 9.59 Å². The zero-order chi connectivity index (χ0) is 20.8. The Balaban J connectivity index is 3.06. The molecule has 0 unspecified atom stereocenters. The molecule has 150 valence electrons. The maximum atomic E-state index is 12.2. The lowest BCUT2D eigenvalue weighted by molar-refractivity contribution is -0.132. The van der Waals surface area contributed by atoms with Crippen molar-refractivity contribution in [2.75, 3.05) is 26.2 Å². The Bertz CT molecular complexity index is 676. The first-order valence-electron chi connectivity index (χ1n) is 9.01. The molecular weight excluding hydrogens is 346 g/mol. The van der Waals surface area contributed by atoms with E-state index in [0.29, 0.717) is 37.5 Å². The Morgan fingerprint density at radius 2 is 1.63 bits per heavy atom. The van der Waals surface area contributed by atoms with Crippen LogP contribution in [0, 0.1) is 0 Å². The molecule has 0 aromatic carbocycles. The molecule has 1 aliphatic heterocycles. The number of carbonyl (C=O) groups is 2. The van der Waals surface area contributed by atoms with Crippen LogP contribution in [0.2, 0.25) is 0 Å². The molecule has 0 spiro atoms. The Hall–Kier alpha value is -2.57. The van der Waals surface area contributed by atoms with Gasteiger partial charge in [0.25, 0.3) is 0 Å². The normalized spacial score (nSPS) is 17.4. The van der Waals surface area contributed by atoms with Crippen molar-refractivity contribution in [1.29, 1.82) is 0 Å². The second-order valence-electron chi connectivity index (χ2n) is 7.32. The van der Waals surface area contributed by atoms with Crippen molar-refractivity contribution in [3.63, 3.8) is 0 Å². The van der Waals surface area contributed by atoms with E-state index in [4.69, 9.17) is 4.74 Å². The number of nitrogens with zero attached hydrogens (tertiary/aromatic N) is 3. The number of aliphatic carboxylic acids is 1. The molecule has 0 bridgehead atoms. The Labute approximate surface area is 161 Å². The monoisotopic (exact) mass is 377 g/mol. The lowest BCUT2D eigenvalue weighted by Crippen LogP contribution is -2.49. The van der Waals surface area contributed by atoms with Crippen LogP contribution >= 0.6 is 0 Å². The number of hydrogen-bond donors (Lipinski definition) is 1. The summed E-state index contributed by atoms with van der Waals surface area (Å²) in [4.78, 5) is 31.8. The number of carboxylic acid groups (broad SMARTS) is 1. The number of rotatable bonds is 5. The van der Waals surface area contributed by atoms with E-state index >= 15 is 0 Å². The number of carboxylic acids is 1. The van der Waals surface area contributed by atoms with Crippen molar-refractivity contribution < 1.29 is 19.4 Å². The van der Waals surface area contributed by atoms with Crippen molar-refractivity contribution in [1.82, 2.24) is 9.80 Å². The zero-order valence-corrected chi connectivity index (χ0v) is 17.2. The average Bonchev–Trinajstić information content (AvgIpc) is 2.57. The zero-order valence-electron chi connectivity index (χ0n) is 17.2. The SMILES string of the molecule is C=CN=C(C)C(/C(=C\C)C(=O)O)=C(\C)N1CCN(C(=O)OC(C)(C)C)CC1. The number of piperazine rings is 1. The number of aliphatic imine (C=N–C) groups is 1. The summed E-state index contributed by atoms with van der Waals surface area (Å²) in [5.41, 5.74) is 1.66. The summed E-state index contributed by atoms with van der Waals surface area (Å²) in [6, 6.07) is 0. The van der Waals surface area contributed by atoms with Crippen LogP contribution < -0.4 is 0 Å². The molecule has 1 fully saturated rings. The van der Waals surface area contributed by atoms with Gasteiger partial charge in [0.05, 0.1) is 5.57 Å². The molecule has 1 rings (SSSR count). The topological polar surface area (TPSA) is 82.4 Å². The van der Waals surface area contributed by atoms with E-state index < -0.39 is 11.6 Å². The maximum absolute atomic E-state index is 12.2. The van der Waals surface area contributed by atoms with Gasteiger partial charge in [0.2, 0.25) is 0 Å². The second-order valence-corrected chi connectivity index (χ2v) is 7.32. The quantitative estimate of drug-likeness (QED) is 0.451. The number of ether oxygens (including phenoxy) is 1. The molecule has 7 nitrogen and oxygen atoms in total. The molecule has 1 saturated heterocycles. The van der Waals surface area contributed by atoms with Gasteiger partial charge in [0, 0.05) is 49.4 Å². The lowest BCUT2D eigenvalue weighted by atomic mass is 9.98. The summed E-state index contributed by atoms with van der Waals surface area (Å²) in [7, 11) is 0. The summed E-state index contributed by atoms with van der Waals surface area (Å²) in [6.07, 6.45) is 2.64. The first kappa shape index (κ1) is 22.5. The number of allylic oxidation sites excluding steroid dienone is 2. The van der Waals surface area contributed by atoms with Crippen LogP contribution in [0.25, 0.3) is 0 Å². The van der Waals surface area contributed by atoms with Gasteiger partial charge in [-0.3, -0.25) is 4.99 Å². The first-order chi connectivity index (χ1) is 12.5. The van der Waals surface area contributed by atoms with E-state index in [1.165, 1.54) is 6.20 Å². The van der Waals surface area contributed by atoms with Crippen molar-refractivity contribution >= 4 is 17.8 Å². The van der Waals surface area contributed by atoms with Crippen LogP contribution in [0.5, 0.6) is 0 Å². The van der Waals surface area contributed by atoms with Crippen LogP contribution in [0.1, 0.15) is 41.5 Å². The van der Waals surface area contributed by atoms with E-state index in [-0.39, 0.29) is 11.7 Å². The van der Waals surface area contributed by atoms with Crippen molar-refractivity contribution in [3.05, 3.63) is 35.7 Å². The summed E-state index contributed by atoms with van der Waals surface area (Å²) in [5.74, 6) is -1.00. The van der Waals surface area contributed by atoms with Crippen molar-refractivity contribution in [2.24, 2.45) is 4.99 Å². The molecular formula is C20H31N3O4. The van der Waals surface area contributed by atoms with E-state index in [9.17, 15) is 14.7 Å². The van der Waals surface area contributed by atoms with E-state index in [1.807, 2.05) is 27.7 Å².